The van der Waals surface area contributed by atoms with Crippen LogP contribution in [0.2, 0.25) is 5.02 Å². The van der Waals surface area contributed by atoms with Gasteiger partial charge in [0.25, 0.3) is 0 Å². The summed E-state index contributed by atoms with van der Waals surface area (Å²) in [4.78, 5) is 47.4. The second-order valence-corrected chi connectivity index (χ2v) is 7.52. The van der Waals surface area contributed by atoms with Crippen molar-refractivity contribution >= 4 is 52.7 Å². The molecule has 0 saturated carbocycles. The number of carboxylic acid groups (broad SMARTS) is 1. The lowest BCUT2D eigenvalue weighted by molar-refractivity contribution is -0.141. The molecule has 0 aromatic heterocycles. The van der Waals surface area contributed by atoms with Crippen LogP contribution >= 0.6 is 23.4 Å². The molecule has 3 amide bonds. The molecule has 1 aromatic rings. The average molecular weight is 439 g/mol. The largest absolute Gasteiger partial charge is 0.480 e. The Morgan fingerprint density at radius 3 is 2.57 bits per heavy atom. The highest BCUT2D eigenvalue weighted by molar-refractivity contribution is 8.00. The van der Waals surface area contributed by atoms with Crippen LogP contribution in [0, 0.1) is 0 Å². The zero-order chi connectivity index (χ0) is 21.2. The Morgan fingerprint density at radius 1 is 1.39 bits per heavy atom. The quantitative estimate of drug-likeness (QED) is 0.661. The van der Waals surface area contributed by atoms with Gasteiger partial charge in [0, 0.05) is 24.1 Å². The van der Waals surface area contributed by atoms with E-state index in [2.05, 4.69) is 5.32 Å². The predicted octanol–water partition coefficient (Wildman–Crippen LogP) is 2.31. The fraction of sp³-hybridized carbons (Fsp3) is 0.375. The SMILES string of the molecule is CC(=O)NC(CSC1CC(=O)N(c2ccc(Cl)cc2C(F)(F)F)C1=O)C(=O)O. The summed E-state index contributed by atoms with van der Waals surface area (Å²) >= 11 is 6.38. The molecular weight excluding hydrogens is 425 g/mol. The van der Waals surface area contributed by atoms with Crippen molar-refractivity contribution in [2.45, 2.75) is 30.8 Å². The molecule has 0 aliphatic carbocycles. The summed E-state index contributed by atoms with van der Waals surface area (Å²) in [5, 5.41) is 9.97. The van der Waals surface area contributed by atoms with Crippen LogP contribution < -0.4 is 10.2 Å². The van der Waals surface area contributed by atoms with Gasteiger partial charge in [-0.25, -0.2) is 9.69 Å². The first-order valence-corrected chi connectivity index (χ1v) is 9.19. The molecule has 0 spiro atoms. The molecule has 1 aliphatic heterocycles. The summed E-state index contributed by atoms with van der Waals surface area (Å²) in [7, 11) is 0. The number of carbonyl (C=O) groups is 4. The Morgan fingerprint density at radius 2 is 2.04 bits per heavy atom. The number of aliphatic carboxylic acids is 1. The van der Waals surface area contributed by atoms with Gasteiger partial charge in [-0.2, -0.15) is 13.2 Å². The molecule has 1 saturated heterocycles. The minimum absolute atomic E-state index is 0.208. The van der Waals surface area contributed by atoms with Gasteiger partial charge in [-0.1, -0.05) is 11.6 Å². The molecule has 7 nitrogen and oxygen atoms in total. The van der Waals surface area contributed by atoms with E-state index in [-0.39, 0.29) is 10.8 Å². The number of halogens is 4. The summed E-state index contributed by atoms with van der Waals surface area (Å²) in [5.74, 6) is -3.91. The first-order chi connectivity index (χ1) is 12.9. The first-order valence-electron chi connectivity index (χ1n) is 7.77. The van der Waals surface area contributed by atoms with E-state index < -0.39 is 58.8 Å². The van der Waals surface area contributed by atoms with Gasteiger partial charge in [-0.05, 0) is 18.2 Å². The Bertz CT molecular complexity index is 833. The van der Waals surface area contributed by atoms with Crippen LogP contribution in [-0.4, -0.2) is 45.8 Å². The van der Waals surface area contributed by atoms with Crippen LogP contribution in [0.25, 0.3) is 0 Å². The molecule has 2 unspecified atom stereocenters. The Kier molecular flexibility index (Phi) is 6.60. The van der Waals surface area contributed by atoms with E-state index in [1.54, 1.807) is 0 Å². The number of thioether (sulfide) groups is 1. The number of benzene rings is 1. The van der Waals surface area contributed by atoms with Gasteiger partial charge < -0.3 is 10.4 Å². The molecule has 2 rings (SSSR count). The van der Waals surface area contributed by atoms with Gasteiger partial charge in [0.05, 0.1) is 16.5 Å². The number of anilines is 1. The van der Waals surface area contributed by atoms with Gasteiger partial charge in [0.15, 0.2) is 0 Å². The monoisotopic (exact) mass is 438 g/mol. The van der Waals surface area contributed by atoms with Crippen molar-refractivity contribution in [1.82, 2.24) is 5.32 Å². The maximum Gasteiger partial charge on any atom is 0.418 e. The highest BCUT2D eigenvalue weighted by Gasteiger charge is 2.44. The summed E-state index contributed by atoms with van der Waals surface area (Å²) < 4.78 is 39.8. The third-order valence-electron chi connectivity index (χ3n) is 3.75. The zero-order valence-electron chi connectivity index (χ0n) is 14.2. The summed E-state index contributed by atoms with van der Waals surface area (Å²) in [5.41, 5.74) is -1.86. The molecule has 0 radical (unpaired) electrons. The van der Waals surface area contributed by atoms with E-state index in [4.69, 9.17) is 16.7 Å². The average Bonchev–Trinajstić information content (AvgIpc) is 2.84. The number of carbonyl (C=O) groups excluding carboxylic acids is 3. The highest BCUT2D eigenvalue weighted by Crippen LogP contribution is 2.40. The van der Waals surface area contributed by atoms with E-state index >= 15 is 0 Å². The van der Waals surface area contributed by atoms with E-state index in [0.29, 0.717) is 11.0 Å². The van der Waals surface area contributed by atoms with Gasteiger partial charge in [-0.3, -0.25) is 14.4 Å². The van der Waals surface area contributed by atoms with Gasteiger partial charge in [0.2, 0.25) is 17.7 Å². The smallest absolute Gasteiger partial charge is 0.418 e. The fourth-order valence-electron chi connectivity index (χ4n) is 2.55. The van der Waals surface area contributed by atoms with E-state index in [9.17, 15) is 32.3 Å². The second kappa shape index (κ2) is 8.39. The zero-order valence-corrected chi connectivity index (χ0v) is 15.8. The summed E-state index contributed by atoms with van der Waals surface area (Å²) in [6.45, 7) is 1.12. The number of rotatable bonds is 6. The van der Waals surface area contributed by atoms with Crippen molar-refractivity contribution in [1.29, 1.82) is 0 Å². The minimum Gasteiger partial charge on any atom is -0.480 e. The van der Waals surface area contributed by atoms with Crippen LogP contribution in [-0.2, 0) is 25.4 Å². The highest BCUT2D eigenvalue weighted by atomic mass is 35.5. The molecule has 1 aromatic carbocycles. The normalized spacial score (nSPS) is 18.3. The number of hydrogen-bond donors (Lipinski definition) is 2. The Labute approximate surface area is 166 Å². The Balaban J connectivity index is 2.23. The van der Waals surface area contributed by atoms with Crippen molar-refractivity contribution in [2.75, 3.05) is 10.7 Å². The summed E-state index contributed by atoms with van der Waals surface area (Å²) in [6.07, 6.45) is -5.23. The summed E-state index contributed by atoms with van der Waals surface area (Å²) in [6, 6.07) is 1.38. The van der Waals surface area contributed by atoms with Crippen molar-refractivity contribution in [3.05, 3.63) is 28.8 Å². The predicted molar refractivity (Wildman–Crippen MR) is 95.1 cm³/mol. The number of nitrogens with one attached hydrogen (secondary N) is 1. The molecular formula is C16H14ClF3N2O5S. The van der Waals surface area contributed by atoms with E-state index in [1.807, 2.05) is 0 Å². The second-order valence-electron chi connectivity index (χ2n) is 5.84. The topological polar surface area (TPSA) is 104 Å². The van der Waals surface area contributed by atoms with Crippen LogP contribution in [0.4, 0.5) is 18.9 Å². The lowest BCUT2D eigenvalue weighted by atomic mass is 10.1. The van der Waals surface area contributed by atoms with Crippen LogP contribution in [0.1, 0.15) is 18.9 Å². The number of nitrogens with zero attached hydrogens (tertiary/aromatic N) is 1. The number of carboxylic acids is 1. The number of hydrogen-bond acceptors (Lipinski definition) is 5. The van der Waals surface area contributed by atoms with Crippen LogP contribution in [0.5, 0.6) is 0 Å². The standard InChI is InChI=1S/C16H14ClF3N2O5S/c1-7(23)21-10(15(26)27)6-28-12-5-13(24)22(14(12)25)11-3-2-8(17)4-9(11)16(18,19)20/h2-4,10,12H,5-6H2,1H3,(H,21,23)(H,26,27). The molecule has 2 atom stereocenters. The molecule has 1 heterocycles. The Hall–Kier alpha value is -2.27. The van der Waals surface area contributed by atoms with Crippen LogP contribution in [0.3, 0.4) is 0 Å². The van der Waals surface area contributed by atoms with Crippen molar-refractivity contribution in [2.24, 2.45) is 0 Å². The first kappa shape index (κ1) is 22.0. The molecule has 12 heteroatoms. The van der Waals surface area contributed by atoms with E-state index in [1.165, 1.54) is 0 Å². The molecule has 2 N–H and O–H groups in total. The molecule has 152 valence electrons. The van der Waals surface area contributed by atoms with E-state index in [0.717, 1.165) is 30.8 Å². The van der Waals surface area contributed by atoms with Gasteiger partial charge in [-0.15, -0.1) is 11.8 Å². The number of alkyl halides is 3. The fourth-order valence-corrected chi connectivity index (χ4v) is 3.88. The molecule has 1 fully saturated rings. The van der Waals surface area contributed by atoms with Crippen molar-refractivity contribution in [3.63, 3.8) is 0 Å². The lowest BCUT2D eigenvalue weighted by Gasteiger charge is -2.20. The minimum atomic E-state index is -4.84. The maximum atomic E-state index is 13.3. The van der Waals surface area contributed by atoms with Gasteiger partial charge in [0.1, 0.15) is 6.04 Å². The number of amides is 3. The van der Waals surface area contributed by atoms with Gasteiger partial charge >= 0.3 is 12.1 Å². The third-order valence-corrected chi connectivity index (χ3v) is 5.28. The molecule has 1 aliphatic rings. The molecule has 28 heavy (non-hydrogen) atoms. The third kappa shape index (κ3) is 4.96. The van der Waals surface area contributed by atoms with Crippen molar-refractivity contribution < 1.29 is 37.5 Å². The number of imide groups is 1. The van der Waals surface area contributed by atoms with Crippen LogP contribution in [0.15, 0.2) is 18.2 Å². The maximum absolute atomic E-state index is 13.3. The lowest BCUT2D eigenvalue weighted by Crippen LogP contribution is -2.42. The van der Waals surface area contributed by atoms with Crippen molar-refractivity contribution in [3.8, 4) is 0 Å². The molecule has 0 bridgehead atoms.